The van der Waals surface area contributed by atoms with Crippen LogP contribution in [-0.2, 0) is 29.2 Å². The van der Waals surface area contributed by atoms with Gasteiger partial charge in [0, 0.05) is 32.5 Å². The van der Waals surface area contributed by atoms with Gasteiger partial charge in [0.05, 0.1) is 6.33 Å². The summed E-state index contributed by atoms with van der Waals surface area (Å²) in [5, 5.41) is 0. The number of imidazole rings is 1. The molecule has 0 unspecified atom stereocenters. The summed E-state index contributed by atoms with van der Waals surface area (Å²) in [5.74, 6) is 0.268. The van der Waals surface area contributed by atoms with E-state index in [1.165, 1.54) is 4.57 Å². The van der Waals surface area contributed by atoms with Gasteiger partial charge in [0.15, 0.2) is 11.2 Å². The fourth-order valence-electron chi connectivity index (χ4n) is 3.80. The van der Waals surface area contributed by atoms with Crippen LogP contribution in [0.4, 0.5) is 0 Å². The number of nitrogens with zero attached hydrogens (tertiary/aromatic N) is 4. The molecule has 0 saturated heterocycles. The maximum atomic E-state index is 13.2. The van der Waals surface area contributed by atoms with E-state index in [1.807, 2.05) is 4.57 Å². The van der Waals surface area contributed by atoms with E-state index in [0.29, 0.717) is 56.5 Å². The van der Waals surface area contributed by atoms with Crippen LogP contribution in [0.15, 0.2) is 15.9 Å². The fourth-order valence-corrected chi connectivity index (χ4v) is 3.80. The zero-order valence-corrected chi connectivity index (χ0v) is 19.2. The van der Waals surface area contributed by atoms with Gasteiger partial charge in [-0.05, 0) is 46.0 Å². The molecular formula is C23H36N4O4. The maximum absolute atomic E-state index is 13.2. The molecule has 0 amide bonds. The normalized spacial score (nSPS) is 11.3. The predicted octanol–water partition coefficient (Wildman–Crippen LogP) is 3.46. The molecule has 0 bridgehead atoms. The number of hydrogen-bond donors (Lipinski definition) is 0. The average Bonchev–Trinajstić information content (AvgIpc) is 3.13. The first-order valence-electron chi connectivity index (χ1n) is 11.5. The van der Waals surface area contributed by atoms with Gasteiger partial charge in [-0.3, -0.25) is 13.9 Å². The predicted molar refractivity (Wildman–Crippen MR) is 121 cm³/mol. The number of hydrogen-bond acceptors (Lipinski definition) is 5. The molecule has 2 aromatic rings. The maximum Gasteiger partial charge on any atom is 0.332 e. The summed E-state index contributed by atoms with van der Waals surface area (Å²) in [6, 6.07) is 0. The van der Waals surface area contributed by atoms with Crippen molar-refractivity contribution in [2.45, 2.75) is 105 Å². The van der Waals surface area contributed by atoms with Crippen LogP contribution >= 0.6 is 0 Å². The lowest BCUT2D eigenvalue weighted by atomic mass is 10.2. The molecule has 2 aromatic heterocycles. The van der Waals surface area contributed by atoms with Crippen molar-refractivity contribution in [2.75, 3.05) is 0 Å². The minimum atomic E-state index is -0.322. The smallest absolute Gasteiger partial charge is 0.325 e. The van der Waals surface area contributed by atoms with E-state index in [4.69, 9.17) is 0 Å². The van der Waals surface area contributed by atoms with E-state index >= 15 is 0 Å². The van der Waals surface area contributed by atoms with Gasteiger partial charge in [0.1, 0.15) is 11.6 Å². The van der Waals surface area contributed by atoms with Gasteiger partial charge in [-0.15, -0.1) is 0 Å². The molecule has 0 aliphatic carbocycles. The Bertz CT molecular complexity index is 999. The van der Waals surface area contributed by atoms with Gasteiger partial charge < -0.3 is 14.2 Å². The molecular weight excluding hydrogens is 396 g/mol. The SMILES string of the molecule is CCCCCCn1c(=O)n(CCCCC(C)=O)c(=O)c2c1ncn2CCCCC(C)=O. The molecule has 0 aliphatic heterocycles. The van der Waals surface area contributed by atoms with Gasteiger partial charge in [-0.2, -0.15) is 0 Å². The molecule has 8 heteroatoms. The summed E-state index contributed by atoms with van der Waals surface area (Å²) < 4.78 is 4.74. The third-order valence-corrected chi connectivity index (χ3v) is 5.56. The fraction of sp³-hybridized carbons (Fsp3) is 0.696. The number of carbonyl (C=O) groups excluding carboxylic acids is 2. The average molecular weight is 433 g/mol. The van der Waals surface area contributed by atoms with Gasteiger partial charge in [-0.25, -0.2) is 9.78 Å². The summed E-state index contributed by atoms with van der Waals surface area (Å²) in [4.78, 5) is 53.1. The van der Waals surface area contributed by atoms with E-state index < -0.39 is 0 Å². The van der Waals surface area contributed by atoms with Crippen molar-refractivity contribution in [3.05, 3.63) is 27.2 Å². The number of unbranched alkanes of at least 4 members (excludes halogenated alkanes) is 5. The topological polar surface area (TPSA) is 96.0 Å². The summed E-state index contributed by atoms with van der Waals surface area (Å²) in [6.07, 6.45) is 9.46. The highest BCUT2D eigenvalue weighted by atomic mass is 16.2. The number of aromatic nitrogens is 4. The van der Waals surface area contributed by atoms with Crippen LogP contribution in [0.2, 0.25) is 0 Å². The van der Waals surface area contributed by atoms with Crippen LogP contribution in [0.1, 0.15) is 85.0 Å². The van der Waals surface area contributed by atoms with Crippen molar-refractivity contribution < 1.29 is 9.59 Å². The Balaban J connectivity index is 2.34. The quantitative estimate of drug-likeness (QED) is 0.402. The molecule has 0 N–H and O–H groups in total. The molecule has 0 atom stereocenters. The summed E-state index contributed by atoms with van der Waals surface area (Å²) in [6.45, 7) is 6.67. The molecule has 0 fully saturated rings. The van der Waals surface area contributed by atoms with Gasteiger partial charge in [-0.1, -0.05) is 26.2 Å². The largest absolute Gasteiger partial charge is 0.332 e. The molecule has 2 heterocycles. The Kier molecular flexibility index (Phi) is 9.88. The van der Waals surface area contributed by atoms with E-state index in [0.717, 1.165) is 38.5 Å². The molecule has 0 aromatic carbocycles. The zero-order chi connectivity index (χ0) is 22.8. The summed E-state index contributed by atoms with van der Waals surface area (Å²) in [5.41, 5.74) is 0.248. The van der Waals surface area contributed by atoms with Crippen molar-refractivity contribution in [3.8, 4) is 0 Å². The Morgan fingerprint density at radius 3 is 2.00 bits per heavy atom. The number of fused-ring (bicyclic) bond motifs is 1. The van der Waals surface area contributed by atoms with Crippen LogP contribution in [-0.4, -0.2) is 30.3 Å². The number of ketones is 2. The van der Waals surface area contributed by atoms with Crippen LogP contribution in [0.5, 0.6) is 0 Å². The van der Waals surface area contributed by atoms with Crippen molar-refractivity contribution in [3.63, 3.8) is 0 Å². The van der Waals surface area contributed by atoms with Crippen LogP contribution < -0.4 is 11.2 Å². The first kappa shape index (κ1) is 24.8. The number of aryl methyl sites for hydroxylation is 2. The number of rotatable bonds is 15. The van der Waals surface area contributed by atoms with Crippen molar-refractivity contribution in [2.24, 2.45) is 0 Å². The van der Waals surface area contributed by atoms with E-state index in [9.17, 15) is 19.2 Å². The minimum Gasteiger partial charge on any atom is -0.325 e. The second-order valence-corrected chi connectivity index (χ2v) is 8.38. The van der Waals surface area contributed by atoms with Gasteiger partial charge in [0.2, 0.25) is 0 Å². The summed E-state index contributed by atoms with van der Waals surface area (Å²) >= 11 is 0. The second-order valence-electron chi connectivity index (χ2n) is 8.38. The van der Waals surface area contributed by atoms with Crippen molar-refractivity contribution in [1.82, 2.24) is 18.7 Å². The van der Waals surface area contributed by atoms with Crippen LogP contribution in [0.3, 0.4) is 0 Å². The molecule has 0 radical (unpaired) electrons. The standard InChI is InChI=1S/C23H36N4O4/c1-4-5-6-9-15-26-21-20(25(17-24-21)14-10-7-12-18(2)28)22(30)27(23(26)31)16-11-8-13-19(3)29/h17H,4-16H2,1-3H3. The Morgan fingerprint density at radius 1 is 0.806 bits per heavy atom. The minimum absolute atomic E-state index is 0.111. The molecule has 31 heavy (non-hydrogen) atoms. The van der Waals surface area contributed by atoms with Gasteiger partial charge in [0.25, 0.3) is 5.56 Å². The molecule has 0 aliphatic rings. The molecule has 0 saturated carbocycles. The summed E-state index contributed by atoms with van der Waals surface area (Å²) in [7, 11) is 0. The second kappa shape index (κ2) is 12.4. The third kappa shape index (κ3) is 7.01. The molecule has 172 valence electrons. The zero-order valence-electron chi connectivity index (χ0n) is 19.2. The lowest BCUT2D eigenvalue weighted by molar-refractivity contribution is -0.118. The Hall–Kier alpha value is -2.51. The van der Waals surface area contributed by atoms with Gasteiger partial charge >= 0.3 is 5.69 Å². The molecule has 0 spiro atoms. The monoisotopic (exact) mass is 432 g/mol. The van der Waals surface area contributed by atoms with E-state index in [2.05, 4.69) is 11.9 Å². The first-order valence-corrected chi connectivity index (χ1v) is 11.5. The first-order chi connectivity index (χ1) is 14.9. The highest BCUT2D eigenvalue weighted by molar-refractivity contribution is 5.75. The number of Topliss-reactive ketones (excluding diaryl/α,β-unsaturated/α-hetero) is 2. The Morgan fingerprint density at radius 2 is 1.39 bits per heavy atom. The third-order valence-electron chi connectivity index (χ3n) is 5.56. The van der Waals surface area contributed by atoms with Crippen molar-refractivity contribution >= 4 is 22.7 Å². The Labute approximate surface area is 183 Å². The van der Waals surface area contributed by atoms with E-state index in [-0.39, 0.29) is 22.8 Å². The molecule has 2 rings (SSSR count). The van der Waals surface area contributed by atoms with E-state index in [1.54, 1.807) is 24.7 Å². The lowest BCUT2D eigenvalue weighted by Gasteiger charge is -2.12. The highest BCUT2D eigenvalue weighted by Gasteiger charge is 2.17. The number of carbonyl (C=O) groups is 2. The molecule has 8 nitrogen and oxygen atoms in total. The lowest BCUT2D eigenvalue weighted by Crippen LogP contribution is -2.40. The van der Waals surface area contributed by atoms with Crippen molar-refractivity contribution in [1.29, 1.82) is 0 Å². The van der Waals surface area contributed by atoms with Crippen LogP contribution in [0.25, 0.3) is 11.2 Å². The highest BCUT2D eigenvalue weighted by Crippen LogP contribution is 2.11. The van der Waals surface area contributed by atoms with Crippen LogP contribution in [0, 0.1) is 0 Å².